The number of aromatic hydroxyl groups is 1. The van der Waals surface area contributed by atoms with E-state index in [0.29, 0.717) is 18.1 Å². The lowest BCUT2D eigenvalue weighted by Crippen LogP contribution is -2.22. The van der Waals surface area contributed by atoms with Crippen molar-refractivity contribution >= 4 is 27.2 Å². The molecule has 0 atom stereocenters. The zero-order valence-corrected chi connectivity index (χ0v) is 17.5. The number of hydrogen-bond acceptors (Lipinski definition) is 4. The van der Waals surface area contributed by atoms with Crippen LogP contribution in [-0.2, 0) is 11.5 Å². The third kappa shape index (κ3) is 5.47. The molecule has 0 bridgehead atoms. The Balaban J connectivity index is 2.25. The molecule has 2 heterocycles. The molecular formula is C17H27N3O2Si2. The number of hydrogen-bond donors (Lipinski definition) is 1. The molecule has 2 aromatic heterocycles. The third-order valence-electron chi connectivity index (χ3n) is 3.34. The second-order valence-electron chi connectivity index (χ2n) is 8.26. The Labute approximate surface area is 146 Å². The average Bonchev–Trinajstić information content (AvgIpc) is 2.77. The lowest BCUT2D eigenvalue weighted by atomic mass is 10.2. The van der Waals surface area contributed by atoms with Gasteiger partial charge in [-0.25, -0.2) is 9.67 Å². The molecule has 2 aromatic rings. The summed E-state index contributed by atoms with van der Waals surface area (Å²) in [6, 6.07) is 2.78. The Kier molecular flexibility index (Phi) is 5.53. The summed E-state index contributed by atoms with van der Waals surface area (Å²) < 4.78 is 7.52. The fourth-order valence-corrected chi connectivity index (χ4v) is 3.26. The van der Waals surface area contributed by atoms with E-state index in [1.54, 1.807) is 10.7 Å². The molecule has 0 saturated heterocycles. The normalized spacial score (nSPS) is 12.2. The van der Waals surface area contributed by atoms with Gasteiger partial charge in [-0.2, -0.15) is 5.10 Å². The molecule has 5 nitrogen and oxygen atoms in total. The predicted octanol–water partition coefficient (Wildman–Crippen LogP) is 3.68. The van der Waals surface area contributed by atoms with Crippen LogP contribution in [0.1, 0.15) is 5.69 Å². The molecule has 0 aliphatic rings. The van der Waals surface area contributed by atoms with Gasteiger partial charge in [0.2, 0.25) is 0 Å². The molecule has 0 unspecified atom stereocenters. The highest BCUT2D eigenvalue weighted by atomic mass is 28.3. The van der Waals surface area contributed by atoms with Crippen LogP contribution in [0, 0.1) is 11.5 Å². The Bertz CT molecular complexity index is 777. The molecule has 2 rings (SSSR count). The molecule has 0 radical (unpaired) electrons. The van der Waals surface area contributed by atoms with Gasteiger partial charge in [-0.05, 0) is 12.1 Å². The first kappa shape index (κ1) is 18.7. The van der Waals surface area contributed by atoms with Gasteiger partial charge in [0, 0.05) is 14.7 Å². The lowest BCUT2D eigenvalue weighted by Gasteiger charge is -2.15. The fourth-order valence-electron chi connectivity index (χ4n) is 2.01. The zero-order chi connectivity index (χ0) is 18.0. The molecule has 1 N–H and O–H groups in total. The van der Waals surface area contributed by atoms with Crippen LogP contribution in [0.25, 0.3) is 11.0 Å². The van der Waals surface area contributed by atoms with Crippen LogP contribution < -0.4 is 0 Å². The van der Waals surface area contributed by atoms with Crippen LogP contribution in [0.5, 0.6) is 5.75 Å². The summed E-state index contributed by atoms with van der Waals surface area (Å²) in [5.41, 5.74) is 4.67. The number of ether oxygens (including phenoxy) is 1. The van der Waals surface area contributed by atoms with Gasteiger partial charge in [0.25, 0.3) is 0 Å². The first-order valence-electron chi connectivity index (χ1n) is 8.22. The number of pyridine rings is 1. The smallest absolute Gasteiger partial charge is 0.161 e. The summed E-state index contributed by atoms with van der Waals surface area (Å²) in [7, 11) is -2.61. The number of rotatable bonds is 5. The van der Waals surface area contributed by atoms with E-state index in [4.69, 9.17) is 4.74 Å². The monoisotopic (exact) mass is 361 g/mol. The molecular weight excluding hydrogens is 334 g/mol. The van der Waals surface area contributed by atoms with Crippen LogP contribution in [0.4, 0.5) is 0 Å². The number of nitrogens with zero attached hydrogens (tertiary/aromatic N) is 3. The van der Waals surface area contributed by atoms with Crippen molar-refractivity contribution in [2.45, 2.75) is 52.1 Å². The van der Waals surface area contributed by atoms with Crippen molar-refractivity contribution in [1.82, 2.24) is 14.8 Å². The van der Waals surface area contributed by atoms with Gasteiger partial charge in [-0.3, -0.25) is 0 Å². The van der Waals surface area contributed by atoms with E-state index in [2.05, 4.69) is 60.8 Å². The Morgan fingerprint density at radius 3 is 2.54 bits per heavy atom. The predicted molar refractivity (Wildman–Crippen MR) is 104 cm³/mol. The van der Waals surface area contributed by atoms with Crippen LogP contribution in [-0.4, -0.2) is 42.6 Å². The minimum absolute atomic E-state index is 0.123. The Morgan fingerprint density at radius 1 is 1.21 bits per heavy atom. The first-order valence-corrected chi connectivity index (χ1v) is 15.4. The summed E-state index contributed by atoms with van der Waals surface area (Å²) >= 11 is 0. The second kappa shape index (κ2) is 7.09. The molecule has 0 spiro atoms. The van der Waals surface area contributed by atoms with Gasteiger partial charge in [0.15, 0.2) is 5.65 Å². The van der Waals surface area contributed by atoms with Crippen LogP contribution in [0.2, 0.25) is 45.3 Å². The highest BCUT2D eigenvalue weighted by Gasteiger charge is 2.15. The van der Waals surface area contributed by atoms with Crippen molar-refractivity contribution < 1.29 is 9.84 Å². The molecule has 7 heteroatoms. The van der Waals surface area contributed by atoms with Gasteiger partial charge in [0.1, 0.15) is 26.2 Å². The van der Waals surface area contributed by atoms with Gasteiger partial charge in [0.05, 0.1) is 11.6 Å². The minimum Gasteiger partial charge on any atom is -0.506 e. The molecule has 24 heavy (non-hydrogen) atoms. The van der Waals surface area contributed by atoms with Crippen LogP contribution in [0.15, 0.2) is 12.3 Å². The van der Waals surface area contributed by atoms with Crippen molar-refractivity contribution in [3.63, 3.8) is 0 Å². The number of fused-ring (bicyclic) bond motifs is 1. The summed E-state index contributed by atoms with van der Waals surface area (Å²) in [6.07, 6.45) is 1.43. The molecule has 0 amide bonds. The van der Waals surface area contributed by atoms with E-state index < -0.39 is 16.1 Å². The van der Waals surface area contributed by atoms with Crippen molar-refractivity contribution in [3.05, 3.63) is 18.0 Å². The van der Waals surface area contributed by atoms with E-state index >= 15 is 0 Å². The minimum atomic E-state index is -1.50. The molecule has 0 fully saturated rings. The largest absolute Gasteiger partial charge is 0.506 e. The van der Waals surface area contributed by atoms with Crippen molar-refractivity contribution in [2.24, 2.45) is 0 Å². The third-order valence-corrected chi connectivity index (χ3v) is 5.92. The first-order chi connectivity index (χ1) is 11.1. The maximum atomic E-state index is 9.73. The summed E-state index contributed by atoms with van der Waals surface area (Å²) in [6.45, 7) is 14.6. The fraction of sp³-hybridized carbons (Fsp3) is 0.529. The molecule has 0 saturated carbocycles. The van der Waals surface area contributed by atoms with Gasteiger partial charge < -0.3 is 9.84 Å². The molecule has 130 valence electrons. The molecule has 0 aromatic carbocycles. The van der Waals surface area contributed by atoms with E-state index in [0.717, 1.165) is 18.0 Å². The highest BCUT2D eigenvalue weighted by Crippen LogP contribution is 2.21. The Hall–Kier alpha value is -1.63. The SMILES string of the molecule is C[Si](C)(C)C#Cc1nn(COCC[Si](C)(C)C)c2ncc(O)cc12. The van der Waals surface area contributed by atoms with Crippen LogP contribution >= 0.6 is 0 Å². The molecule has 0 aliphatic heterocycles. The standard InChI is InChI=1S/C17H27N3O2Si2/c1-23(2,3)9-7-16-15-11-14(21)12-18-17(15)20(19-16)13-22-8-10-24(4,5)6/h11-12,21H,8,10,13H2,1-6H3. The second-order valence-corrected chi connectivity index (χ2v) is 18.6. The van der Waals surface area contributed by atoms with Crippen molar-refractivity contribution in [3.8, 4) is 17.2 Å². The van der Waals surface area contributed by atoms with Gasteiger partial charge in [-0.1, -0.05) is 45.2 Å². The Morgan fingerprint density at radius 2 is 1.92 bits per heavy atom. The van der Waals surface area contributed by atoms with Crippen molar-refractivity contribution in [1.29, 1.82) is 0 Å². The molecule has 0 aliphatic carbocycles. The van der Waals surface area contributed by atoms with Crippen LogP contribution in [0.3, 0.4) is 0 Å². The maximum absolute atomic E-state index is 9.73. The lowest BCUT2D eigenvalue weighted by molar-refractivity contribution is 0.0812. The van der Waals surface area contributed by atoms with Gasteiger partial charge in [-0.15, -0.1) is 5.54 Å². The maximum Gasteiger partial charge on any atom is 0.161 e. The highest BCUT2D eigenvalue weighted by molar-refractivity contribution is 6.83. The van der Waals surface area contributed by atoms with Gasteiger partial charge >= 0.3 is 0 Å². The van der Waals surface area contributed by atoms with E-state index in [1.807, 2.05) is 0 Å². The van der Waals surface area contributed by atoms with E-state index in [1.165, 1.54) is 6.20 Å². The number of aromatic nitrogens is 3. The average molecular weight is 362 g/mol. The van der Waals surface area contributed by atoms with E-state index in [9.17, 15) is 5.11 Å². The summed E-state index contributed by atoms with van der Waals surface area (Å²) in [4.78, 5) is 4.30. The topological polar surface area (TPSA) is 60.2 Å². The summed E-state index contributed by atoms with van der Waals surface area (Å²) in [5, 5.41) is 15.0. The summed E-state index contributed by atoms with van der Waals surface area (Å²) in [5.74, 6) is 3.29. The van der Waals surface area contributed by atoms with Crippen molar-refractivity contribution in [2.75, 3.05) is 6.61 Å². The van der Waals surface area contributed by atoms with E-state index in [-0.39, 0.29) is 5.75 Å². The zero-order valence-electron chi connectivity index (χ0n) is 15.5. The quantitative estimate of drug-likeness (QED) is 0.501.